The van der Waals surface area contributed by atoms with Crippen molar-refractivity contribution >= 4 is 60.5 Å². The highest BCUT2D eigenvalue weighted by Crippen LogP contribution is 2.21. The number of ether oxygens (including phenoxy) is 1. The number of rotatable bonds is 7. The number of carbonyl (C=O) groups is 1. The predicted molar refractivity (Wildman–Crippen MR) is 144 cm³/mol. The number of hydrogen-bond donors (Lipinski definition) is 3. The molecule has 1 aromatic heterocycles. The highest BCUT2D eigenvalue weighted by molar-refractivity contribution is 6.05. The van der Waals surface area contributed by atoms with Crippen LogP contribution in [0, 0.1) is 0 Å². The molecule has 0 unspecified atom stereocenters. The summed E-state index contributed by atoms with van der Waals surface area (Å²) in [5.41, 5.74) is 9.27. The minimum Gasteiger partial charge on any atom is -0.397 e. The van der Waals surface area contributed by atoms with E-state index in [-0.39, 0.29) is 43.1 Å². The van der Waals surface area contributed by atoms with Crippen LogP contribution in [0.25, 0.3) is 11.3 Å². The molecule has 1 aliphatic heterocycles. The molecule has 1 amide bonds. The first-order chi connectivity index (χ1) is 15.2. The van der Waals surface area contributed by atoms with Crippen LogP contribution in [0.3, 0.4) is 0 Å². The third kappa shape index (κ3) is 8.00. The molecule has 0 aliphatic carbocycles. The second kappa shape index (κ2) is 14.6. The molecule has 0 saturated carbocycles. The fourth-order valence-corrected chi connectivity index (χ4v) is 3.35. The van der Waals surface area contributed by atoms with Crippen LogP contribution < -0.4 is 16.4 Å². The van der Waals surface area contributed by atoms with E-state index in [0.29, 0.717) is 22.9 Å². The first-order valence-corrected chi connectivity index (χ1v) is 10.3. The zero-order chi connectivity index (χ0) is 21.5. The third-order valence-corrected chi connectivity index (χ3v) is 5.12. The number of carbonyl (C=O) groups excluding carboxylic acids is 1. The second-order valence-electron chi connectivity index (χ2n) is 7.27. The first kappa shape index (κ1) is 29.4. The molecule has 4 rings (SSSR count). The lowest BCUT2D eigenvalue weighted by Crippen LogP contribution is -2.39. The molecule has 2 heterocycles. The van der Waals surface area contributed by atoms with E-state index in [0.717, 1.165) is 50.7 Å². The Hall–Kier alpha value is -2.62. The topological polar surface area (TPSA) is 105 Å². The molecule has 1 saturated heterocycles. The van der Waals surface area contributed by atoms with Crippen LogP contribution in [-0.4, -0.2) is 60.2 Å². The van der Waals surface area contributed by atoms with Crippen LogP contribution in [-0.2, 0) is 4.74 Å². The zero-order valence-corrected chi connectivity index (χ0v) is 20.9. The number of morpholine rings is 1. The van der Waals surface area contributed by atoms with E-state index in [2.05, 4.69) is 25.5 Å². The summed E-state index contributed by atoms with van der Waals surface area (Å²) >= 11 is 0. The number of nitrogen functional groups attached to an aromatic ring is 1. The Labute approximate surface area is 217 Å². The van der Waals surface area contributed by atoms with Gasteiger partial charge in [-0.1, -0.05) is 24.3 Å². The van der Waals surface area contributed by atoms with E-state index in [1.807, 2.05) is 30.3 Å². The zero-order valence-electron chi connectivity index (χ0n) is 18.5. The van der Waals surface area contributed by atoms with Crippen molar-refractivity contribution in [1.82, 2.24) is 14.9 Å². The van der Waals surface area contributed by atoms with Crippen molar-refractivity contribution in [1.29, 1.82) is 0 Å². The van der Waals surface area contributed by atoms with Gasteiger partial charge in [0.25, 0.3) is 5.91 Å². The summed E-state index contributed by atoms with van der Waals surface area (Å²) in [4.78, 5) is 23.8. The molecule has 0 spiro atoms. The Morgan fingerprint density at radius 3 is 2.41 bits per heavy atom. The maximum absolute atomic E-state index is 12.5. The van der Waals surface area contributed by atoms with Gasteiger partial charge in [0.1, 0.15) is 0 Å². The smallest absolute Gasteiger partial charge is 0.255 e. The molecule has 4 N–H and O–H groups in total. The predicted octanol–water partition coefficient (Wildman–Crippen LogP) is 3.99. The van der Waals surface area contributed by atoms with E-state index < -0.39 is 0 Å². The number of nitrogens with one attached hydrogen (secondary N) is 2. The SMILES string of the molecule is Cl.Cl.Cl.Nc1ccccc1NC(=O)c1ccc(-c2ccnc(NCCN3CCOCC3)n2)cc1. The first-order valence-electron chi connectivity index (χ1n) is 10.3. The van der Waals surface area contributed by atoms with Gasteiger partial charge in [-0.15, -0.1) is 37.2 Å². The number of nitrogens with zero attached hydrogens (tertiary/aromatic N) is 3. The van der Waals surface area contributed by atoms with Crippen LogP contribution in [0.1, 0.15) is 10.4 Å². The van der Waals surface area contributed by atoms with Crippen LogP contribution in [0.4, 0.5) is 17.3 Å². The quantitative estimate of drug-likeness (QED) is 0.399. The fourth-order valence-electron chi connectivity index (χ4n) is 3.35. The molecule has 3 aromatic rings. The standard InChI is InChI=1S/C23H26N6O2.3ClH/c24-19-3-1-2-4-21(19)27-22(30)18-7-5-17(6-8-18)20-9-10-25-23(28-20)26-11-12-29-13-15-31-16-14-29;;;/h1-10H,11-16,24H2,(H,27,30)(H,25,26,28);3*1H. The van der Waals surface area contributed by atoms with Gasteiger partial charge in [-0.2, -0.15) is 0 Å². The Bertz CT molecular complexity index is 1030. The number of aromatic nitrogens is 2. The van der Waals surface area contributed by atoms with Crippen molar-refractivity contribution in [3.8, 4) is 11.3 Å². The molecular weight excluding hydrogens is 499 g/mol. The van der Waals surface area contributed by atoms with Gasteiger partial charge in [0.15, 0.2) is 0 Å². The summed E-state index contributed by atoms with van der Waals surface area (Å²) in [5, 5.41) is 6.12. The van der Waals surface area contributed by atoms with Gasteiger partial charge in [-0.05, 0) is 30.3 Å². The summed E-state index contributed by atoms with van der Waals surface area (Å²) < 4.78 is 5.37. The molecule has 2 aromatic carbocycles. The van der Waals surface area contributed by atoms with E-state index in [1.54, 1.807) is 30.5 Å². The number of amides is 1. The highest BCUT2D eigenvalue weighted by Gasteiger charge is 2.11. The lowest BCUT2D eigenvalue weighted by atomic mass is 10.1. The largest absolute Gasteiger partial charge is 0.397 e. The Morgan fingerprint density at radius 2 is 1.71 bits per heavy atom. The molecule has 1 aliphatic rings. The molecule has 0 atom stereocenters. The van der Waals surface area contributed by atoms with Gasteiger partial charge in [0.2, 0.25) is 5.95 Å². The van der Waals surface area contributed by atoms with Crippen LogP contribution in [0.5, 0.6) is 0 Å². The number of para-hydroxylation sites is 2. The van der Waals surface area contributed by atoms with Crippen molar-refractivity contribution in [3.05, 3.63) is 66.4 Å². The van der Waals surface area contributed by atoms with Crippen molar-refractivity contribution in [3.63, 3.8) is 0 Å². The average molecular weight is 528 g/mol. The molecular formula is C23H29Cl3N6O2. The maximum atomic E-state index is 12.5. The van der Waals surface area contributed by atoms with E-state index in [4.69, 9.17) is 10.5 Å². The molecule has 11 heteroatoms. The molecule has 1 fully saturated rings. The lowest BCUT2D eigenvalue weighted by molar-refractivity contribution is 0.0398. The Kier molecular flexibility index (Phi) is 12.6. The van der Waals surface area contributed by atoms with Gasteiger partial charge < -0.3 is 21.1 Å². The maximum Gasteiger partial charge on any atom is 0.255 e. The summed E-state index contributed by atoms with van der Waals surface area (Å²) in [7, 11) is 0. The van der Waals surface area contributed by atoms with E-state index >= 15 is 0 Å². The van der Waals surface area contributed by atoms with Gasteiger partial charge >= 0.3 is 0 Å². The van der Waals surface area contributed by atoms with Gasteiger partial charge in [-0.3, -0.25) is 9.69 Å². The normalized spacial score (nSPS) is 12.9. The summed E-state index contributed by atoms with van der Waals surface area (Å²) in [6, 6.07) is 16.3. The minimum atomic E-state index is -0.211. The summed E-state index contributed by atoms with van der Waals surface area (Å²) in [6.45, 7) is 5.19. The minimum absolute atomic E-state index is 0. The average Bonchev–Trinajstić information content (AvgIpc) is 2.81. The Balaban J connectivity index is 0.00000193. The fraction of sp³-hybridized carbons (Fsp3) is 0.261. The second-order valence-corrected chi connectivity index (χ2v) is 7.27. The number of hydrogen-bond acceptors (Lipinski definition) is 7. The summed E-state index contributed by atoms with van der Waals surface area (Å²) in [5.74, 6) is 0.379. The highest BCUT2D eigenvalue weighted by atomic mass is 35.5. The third-order valence-electron chi connectivity index (χ3n) is 5.12. The lowest BCUT2D eigenvalue weighted by Gasteiger charge is -2.26. The Morgan fingerprint density at radius 1 is 1.00 bits per heavy atom. The number of anilines is 3. The monoisotopic (exact) mass is 526 g/mol. The molecule has 34 heavy (non-hydrogen) atoms. The number of nitrogens with two attached hydrogens (primary N) is 1. The molecule has 0 radical (unpaired) electrons. The van der Waals surface area contributed by atoms with Crippen molar-refractivity contribution in [2.75, 3.05) is 55.8 Å². The number of benzene rings is 2. The van der Waals surface area contributed by atoms with Crippen LogP contribution in [0.15, 0.2) is 60.8 Å². The van der Waals surface area contributed by atoms with Gasteiger partial charge in [0, 0.05) is 43.5 Å². The number of halogens is 3. The molecule has 184 valence electrons. The van der Waals surface area contributed by atoms with E-state index in [9.17, 15) is 4.79 Å². The summed E-state index contributed by atoms with van der Waals surface area (Å²) in [6.07, 6.45) is 1.73. The molecule has 8 nitrogen and oxygen atoms in total. The van der Waals surface area contributed by atoms with Gasteiger partial charge in [0.05, 0.1) is 30.3 Å². The van der Waals surface area contributed by atoms with Crippen molar-refractivity contribution in [2.24, 2.45) is 0 Å². The van der Waals surface area contributed by atoms with Crippen molar-refractivity contribution < 1.29 is 9.53 Å². The van der Waals surface area contributed by atoms with Crippen LogP contribution in [0.2, 0.25) is 0 Å². The van der Waals surface area contributed by atoms with Crippen LogP contribution >= 0.6 is 37.2 Å². The van der Waals surface area contributed by atoms with Crippen molar-refractivity contribution in [2.45, 2.75) is 0 Å². The van der Waals surface area contributed by atoms with E-state index in [1.165, 1.54) is 0 Å². The molecule has 0 bridgehead atoms. The van der Waals surface area contributed by atoms with Gasteiger partial charge in [-0.25, -0.2) is 9.97 Å².